The zero-order valence-corrected chi connectivity index (χ0v) is 13.9. The number of halogens is 3. The maximum Gasteiger partial charge on any atom is 0.418 e. The average Bonchev–Trinajstić information content (AvgIpc) is 3.31. The van der Waals surface area contributed by atoms with Crippen LogP contribution in [0.1, 0.15) is 25.3 Å². The molecule has 1 unspecified atom stereocenters. The molecule has 1 aliphatic carbocycles. The standard InChI is InChI=1S/C16H22F3N3O2/c1-15(9-23,10-4-5-10)21-14(24)20-13-7-6-11(22(2)3)8-12(13)16(17,18)19/h6-8,10,23H,4-5,9H2,1-3H3,(H2,20,21,24). The number of aliphatic hydroxyl groups is 1. The number of nitrogens with one attached hydrogen (secondary N) is 2. The van der Waals surface area contributed by atoms with Crippen LogP contribution in [0.25, 0.3) is 0 Å². The first-order chi connectivity index (χ1) is 11.1. The number of hydrogen-bond donors (Lipinski definition) is 3. The Kier molecular flexibility index (Phi) is 4.98. The molecule has 1 aromatic carbocycles. The zero-order valence-electron chi connectivity index (χ0n) is 13.9. The van der Waals surface area contributed by atoms with Gasteiger partial charge in [-0.15, -0.1) is 0 Å². The fourth-order valence-electron chi connectivity index (χ4n) is 2.56. The molecular formula is C16H22F3N3O2. The smallest absolute Gasteiger partial charge is 0.394 e. The molecule has 1 aliphatic rings. The second-order valence-electron chi connectivity index (χ2n) is 6.55. The van der Waals surface area contributed by atoms with E-state index in [-0.39, 0.29) is 18.2 Å². The summed E-state index contributed by atoms with van der Waals surface area (Å²) in [4.78, 5) is 13.7. The van der Waals surface area contributed by atoms with Crippen molar-refractivity contribution in [3.8, 4) is 0 Å². The van der Waals surface area contributed by atoms with E-state index in [1.54, 1.807) is 25.9 Å². The predicted octanol–water partition coefficient (Wildman–Crippen LogP) is 3.05. The molecule has 1 fully saturated rings. The van der Waals surface area contributed by atoms with Crippen molar-refractivity contribution in [2.45, 2.75) is 31.5 Å². The number of urea groups is 1. The molecule has 8 heteroatoms. The molecule has 2 rings (SSSR count). The first kappa shape index (κ1) is 18.4. The summed E-state index contributed by atoms with van der Waals surface area (Å²) in [6.07, 6.45) is -2.84. The molecular weight excluding hydrogens is 323 g/mol. The topological polar surface area (TPSA) is 64.6 Å². The molecule has 24 heavy (non-hydrogen) atoms. The first-order valence-corrected chi connectivity index (χ1v) is 7.65. The highest BCUT2D eigenvalue weighted by atomic mass is 19.4. The van der Waals surface area contributed by atoms with Crippen LogP contribution in [0.5, 0.6) is 0 Å². The summed E-state index contributed by atoms with van der Waals surface area (Å²) in [5, 5.41) is 14.3. The Labute approximate surface area is 138 Å². The molecule has 1 atom stereocenters. The molecule has 0 bridgehead atoms. The van der Waals surface area contributed by atoms with Gasteiger partial charge in [0, 0.05) is 19.8 Å². The minimum atomic E-state index is -4.59. The lowest BCUT2D eigenvalue weighted by atomic mass is 9.97. The third kappa shape index (κ3) is 4.11. The van der Waals surface area contributed by atoms with E-state index in [4.69, 9.17) is 0 Å². The number of rotatable bonds is 5. The Morgan fingerprint density at radius 2 is 1.96 bits per heavy atom. The number of nitrogens with zero attached hydrogens (tertiary/aromatic N) is 1. The Balaban J connectivity index is 2.20. The minimum absolute atomic E-state index is 0.145. The monoisotopic (exact) mass is 345 g/mol. The van der Waals surface area contributed by atoms with Crippen molar-refractivity contribution in [3.63, 3.8) is 0 Å². The normalized spacial score (nSPS) is 17.1. The van der Waals surface area contributed by atoms with Gasteiger partial charge >= 0.3 is 12.2 Å². The van der Waals surface area contributed by atoms with Gasteiger partial charge in [-0.25, -0.2) is 4.79 Å². The van der Waals surface area contributed by atoms with Crippen molar-refractivity contribution in [1.82, 2.24) is 5.32 Å². The molecule has 0 heterocycles. The lowest BCUT2D eigenvalue weighted by Gasteiger charge is -2.29. The minimum Gasteiger partial charge on any atom is -0.394 e. The fraction of sp³-hybridized carbons (Fsp3) is 0.562. The average molecular weight is 345 g/mol. The highest BCUT2D eigenvalue weighted by molar-refractivity contribution is 5.91. The van der Waals surface area contributed by atoms with E-state index in [1.807, 2.05) is 0 Å². The summed E-state index contributed by atoms with van der Waals surface area (Å²) in [6, 6.07) is 2.95. The number of benzene rings is 1. The van der Waals surface area contributed by atoms with Crippen LogP contribution < -0.4 is 15.5 Å². The van der Waals surface area contributed by atoms with E-state index >= 15 is 0 Å². The molecule has 0 spiro atoms. The van der Waals surface area contributed by atoms with Crippen LogP contribution >= 0.6 is 0 Å². The number of carbonyl (C=O) groups is 1. The van der Waals surface area contributed by atoms with E-state index in [0.717, 1.165) is 18.9 Å². The fourth-order valence-corrected chi connectivity index (χ4v) is 2.56. The molecule has 5 nitrogen and oxygen atoms in total. The van der Waals surface area contributed by atoms with Crippen LogP contribution in [0.4, 0.5) is 29.3 Å². The van der Waals surface area contributed by atoms with Crippen LogP contribution in [0.3, 0.4) is 0 Å². The van der Waals surface area contributed by atoms with Crippen molar-refractivity contribution >= 4 is 17.4 Å². The van der Waals surface area contributed by atoms with Gasteiger partial charge in [-0.05, 0) is 43.9 Å². The molecule has 0 radical (unpaired) electrons. The first-order valence-electron chi connectivity index (χ1n) is 7.65. The predicted molar refractivity (Wildman–Crippen MR) is 86.1 cm³/mol. The SMILES string of the molecule is CN(C)c1ccc(NC(=O)NC(C)(CO)C2CC2)c(C(F)(F)F)c1. The van der Waals surface area contributed by atoms with E-state index < -0.39 is 23.3 Å². The molecule has 2 amide bonds. The van der Waals surface area contributed by atoms with Gasteiger partial charge in [-0.2, -0.15) is 13.2 Å². The van der Waals surface area contributed by atoms with Gasteiger partial charge in [0.1, 0.15) is 0 Å². The third-order valence-electron chi connectivity index (χ3n) is 4.28. The molecule has 1 saturated carbocycles. The van der Waals surface area contributed by atoms with E-state index in [1.165, 1.54) is 12.1 Å². The molecule has 0 saturated heterocycles. The Morgan fingerprint density at radius 1 is 1.33 bits per heavy atom. The summed E-state index contributed by atoms with van der Waals surface area (Å²) in [5.74, 6) is 0.145. The van der Waals surface area contributed by atoms with Crippen molar-refractivity contribution in [1.29, 1.82) is 0 Å². The highest BCUT2D eigenvalue weighted by Crippen LogP contribution is 2.40. The second kappa shape index (κ2) is 6.51. The Morgan fingerprint density at radius 3 is 2.42 bits per heavy atom. The maximum atomic E-state index is 13.3. The van der Waals surface area contributed by atoms with Gasteiger partial charge in [-0.3, -0.25) is 0 Å². The van der Waals surface area contributed by atoms with E-state index in [9.17, 15) is 23.1 Å². The van der Waals surface area contributed by atoms with Gasteiger partial charge in [0.05, 0.1) is 23.4 Å². The number of aliphatic hydroxyl groups excluding tert-OH is 1. The van der Waals surface area contributed by atoms with E-state index in [2.05, 4.69) is 10.6 Å². The largest absolute Gasteiger partial charge is 0.418 e. The number of hydrogen-bond acceptors (Lipinski definition) is 3. The lowest BCUT2D eigenvalue weighted by molar-refractivity contribution is -0.136. The number of amides is 2. The van der Waals surface area contributed by atoms with Gasteiger partial charge < -0.3 is 20.6 Å². The van der Waals surface area contributed by atoms with Crippen molar-refractivity contribution in [2.75, 3.05) is 30.9 Å². The number of alkyl halides is 3. The zero-order chi connectivity index (χ0) is 18.1. The Hall–Kier alpha value is -1.96. The summed E-state index contributed by atoms with van der Waals surface area (Å²) in [5.41, 5.74) is -1.68. The van der Waals surface area contributed by atoms with Crippen molar-refractivity contribution in [2.24, 2.45) is 5.92 Å². The van der Waals surface area contributed by atoms with Gasteiger partial charge in [0.15, 0.2) is 0 Å². The van der Waals surface area contributed by atoms with Crippen LogP contribution in [0.15, 0.2) is 18.2 Å². The maximum absolute atomic E-state index is 13.3. The van der Waals surface area contributed by atoms with Crippen LogP contribution in [-0.2, 0) is 6.18 Å². The number of anilines is 2. The van der Waals surface area contributed by atoms with Crippen molar-refractivity contribution in [3.05, 3.63) is 23.8 Å². The third-order valence-corrected chi connectivity index (χ3v) is 4.28. The molecule has 1 aromatic rings. The van der Waals surface area contributed by atoms with Crippen LogP contribution in [0, 0.1) is 5.92 Å². The van der Waals surface area contributed by atoms with Gasteiger partial charge in [-0.1, -0.05) is 0 Å². The lowest BCUT2D eigenvalue weighted by Crippen LogP contribution is -2.52. The van der Waals surface area contributed by atoms with Crippen molar-refractivity contribution < 1.29 is 23.1 Å². The summed E-state index contributed by atoms with van der Waals surface area (Å²) in [6.45, 7) is 1.42. The quantitative estimate of drug-likeness (QED) is 0.768. The summed E-state index contributed by atoms with van der Waals surface area (Å²) < 4.78 is 39.8. The van der Waals surface area contributed by atoms with E-state index in [0.29, 0.717) is 5.69 Å². The van der Waals surface area contributed by atoms with Gasteiger partial charge in [0.2, 0.25) is 0 Å². The number of carbonyl (C=O) groups excluding carboxylic acids is 1. The Bertz CT molecular complexity index is 615. The second-order valence-corrected chi connectivity index (χ2v) is 6.55. The van der Waals surface area contributed by atoms with Crippen LogP contribution in [0.2, 0.25) is 0 Å². The van der Waals surface area contributed by atoms with Crippen LogP contribution in [-0.4, -0.2) is 37.4 Å². The highest BCUT2D eigenvalue weighted by Gasteiger charge is 2.42. The molecule has 0 aliphatic heterocycles. The summed E-state index contributed by atoms with van der Waals surface area (Å²) in [7, 11) is 3.27. The summed E-state index contributed by atoms with van der Waals surface area (Å²) >= 11 is 0. The molecule has 134 valence electrons. The van der Waals surface area contributed by atoms with Gasteiger partial charge in [0.25, 0.3) is 0 Å². The molecule has 3 N–H and O–H groups in total. The molecule has 0 aromatic heterocycles.